The molecule has 0 aliphatic heterocycles. The van der Waals surface area contributed by atoms with Gasteiger partial charge in [-0.05, 0) is 43.3 Å². The van der Waals surface area contributed by atoms with Gasteiger partial charge in [0.1, 0.15) is 17.1 Å². The number of carbonyl (C=O) groups is 2. The minimum absolute atomic E-state index is 0.0683. The number of aromatic hydroxyl groups is 2. The van der Waals surface area contributed by atoms with E-state index < -0.39 is 5.91 Å². The molecule has 0 bridgehead atoms. The molecule has 0 saturated heterocycles. The summed E-state index contributed by atoms with van der Waals surface area (Å²) in [7, 11) is 0. The standard InChI is InChI=1S/C15H13NO4/c1-9(17)10-5-7-11(8-6-10)16-15(20)14-12(18)3-2-4-13(14)19/h2-8,18-19H,1H3,(H,16,20). The van der Waals surface area contributed by atoms with Crippen LogP contribution in [0.3, 0.4) is 0 Å². The van der Waals surface area contributed by atoms with Crippen LogP contribution in [0.1, 0.15) is 27.6 Å². The van der Waals surface area contributed by atoms with E-state index in [0.717, 1.165) is 0 Å². The Kier molecular flexibility index (Phi) is 3.70. The molecule has 0 unspecified atom stereocenters. The molecule has 5 heteroatoms. The number of benzene rings is 2. The molecule has 0 spiro atoms. The second-order valence-corrected chi connectivity index (χ2v) is 4.26. The third-order valence-electron chi connectivity index (χ3n) is 2.80. The van der Waals surface area contributed by atoms with Crippen molar-refractivity contribution in [3.63, 3.8) is 0 Å². The lowest BCUT2D eigenvalue weighted by molar-refractivity contribution is 0.101. The van der Waals surface area contributed by atoms with Crippen LogP contribution < -0.4 is 5.32 Å². The third kappa shape index (κ3) is 2.77. The molecule has 5 nitrogen and oxygen atoms in total. The summed E-state index contributed by atoms with van der Waals surface area (Å²) in [5.41, 5.74) is 0.805. The number of phenolic OH excluding ortho intramolecular Hbond substituents is 2. The van der Waals surface area contributed by atoms with Gasteiger partial charge in [0.25, 0.3) is 5.91 Å². The molecule has 2 rings (SSSR count). The largest absolute Gasteiger partial charge is 0.507 e. The van der Waals surface area contributed by atoms with Gasteiger partial charge in [-0.25, -0.2) is 0 Å². The Morgan fingerprint density at radius 2 is 1.50 bits per heavy atom. The van der Waals surface area contributed by atoms with Gasteiger partial charge in [0.2, 0.25) is 0 Å². The molecular weight excluding hydrogens is 258 g/mol. The van der Waals surface area contributed by atoms with Gasteiger partial charge in [-0.15, -0.1) is 0 Å². The maximum atomic E-state index is 12.0. The molecule has 0 saturated carbocycles. The zero-order chi connectivity index (χ0) is 14.7. The molecule has 0 aliphatic carbocycles. The number of carbonyl (C=O) groups excluding carboxylic acids is 2. The molecule has 102 valence electrons. The van der Waals surface area contributed by atoms with Crippen molar-refractivity contribution in [1.82, 2.24) is 0 Å². The Morgan fingerprint density at radius 1 is 0.950 bits per heavy atom. The van der Waals surface area contributed by atoms with Gasteiger partial charge in [0.15, 0.2) is 5.78 Å². The maximum Gasteiger partial charge on any atom is 0.263 e. The quantitative estimate of drug-likeness (QED) is 0.749. The second-order valence-electron chi connectivity index (χ2n) is 4.26. The van der Waals surface area contributed by atoms with E-state index in [9.17, 15) is 19.8 Å². The highest BCUT2D eigenvalue weighted by Gasteiger charge is 2.16. The fourth-order valence-electron chi connectivity index (χ4n) is 1.74. The van der Waals surface area contributed by atoms with Gasteiger partial charge in [-0.2, -0.15) is 0 Å². The molecule has 0 fully saturated rings. The average Bonchev–Trinajstić information content (AvgIpc) is 2.39. The molecule has 2 aromatic carbocycles. The SMILES string of the molecule is CC(=O)c1ccc(NC(=O)c2c(O)cccc2O)cc1. The van der Waals surface area contributed by atoms with E-state index >= 15 is 0 Å². The Bertz CT molecular complexity index is 642. The average molecular weight is 271 g/mol. The minimum Gasteiger partial charge on any atom is -0.507 e. The number of anilines is 1. The number of nitrogens with one attached hydrogen (secondary N) is 1. The van der Waals surface area contributed by atoms with Gasteiger partial charge >= 0.3 is 0 Å². The number of hydrogen-bond acceptors (Lipinski definition) is 4. The van der Waals surface area contributed by atoms with Crippen LogP contribution in [0.25, 0.3) is 0 Å². The number of rotatable bonds is 3. The van der Waals surface area contributed by atoms with Gasteiger partial charge in [0, 0.05) is 11.3 Å². The molecule has 2 aromatic rings. The summed E-state index contributed by atoms with van der Waals surface area (Å²) in [6.07, 6.45) is 0. The van der Waals surface area contributed by atoms with Crippen LogP contribution in [0, 0.1) is 0 Å². The smallest absolute Gasteiger partial charge is 0.263 e. The topological polar surface area (TPSA) is 86.6 Å². The summed E-state index contributed by atoms with van der Waals surface area (Å²) in [5, 5.41) is 21.7. The summed E-state index contributed by atoms with van der Waals surface area (Å²) in [4.78, 5) is 23.1. The van der Waals surface area contributed by atoms with Crippen LogP contribution in [0.15, 0.2) is 42.5 Å². The van der Waals surface area contributed by atoms with E-state index in [1.54, 1.807) is 24.3 Å². The van der Waals surface area contributed by atoms with Crippen molar-refractivity contribution in [3.8, 4) is 11.5 Å². The minimum atomic E-state index is -0.629. The predicted octanol–water partition coefficient (Wildman–Crippen LogP) is 2.55. The van der Waals surface area contributed by atoms with Gasteiger partial charge in [-0.3, -0.25) is 9.59 Å². The number of phenols is 2. The van der Waals surface area contributed by atoms with Crippen LogP contribution in [-0.2, 0) is 0 Å². The molecule has 1 amide bonds. The molecule has 0 atom stereocenters. The summed E-state index contributed by atoms with van der Waals surface area (Å²) >= 11 is 0. The zero-order valence-corrected chi connectivity index (χ0v) is 10.8. The first-order valence-electron chi connectivity index (χ1n) is 5.92. The van der Waals surface area contributed by atoms with Gasteiger partial charge in [0.05, 0.1) is 0 Å². The summed E-state index contributed by atoms with van der Waals surface area (Å²) < 4.78 is 0. The van der Waals surface area contributed by atoms with Crippen LogP contribution in [0.5, 0.6) is 11.5 Å². The van der Waals surface area contributed by atoms with Crippen molar-refractivity contribution in [1.29, 1.82) is 0 Å². The van der Waals surface area contributed by atoms with Crippen molar-refractivity contribution < 1.29 is 19.8 Å². The molecule has 0 aliphatic rings. The van der Waals surface area contributed by atoms with E-state index in [4.69, 9.17) is 0 Å². The zero-order valence-electron chi connectivity index (χ0n) is 10.8. The second kappa shape index (κ2) is 5.44. The van der Waals surface area contributed by atoms with E-state index in [0.29, 0.717) is 11.3 Å². The lowest BCUT2D eigenvalue weighted by Gasteiger charge is -2.08. The van der Waals surface area contributed by atoms with E-state index in [1.807, 2.05) is 0 Å². The van der Waals surface area contributed by atoms with E-state index in [2.05, 4.69) is 5.32 Å². The van der Waals surface area contributed by atoms with E-state index in [1.165, 1.54) is 25.1 Å². The van der Waals surface area contributed by atoms with Crippen LogP contribution >= 0.6 is 0 Å². The summed E-state index contributed by atoms with van der Waals surface area (Å²) in [5.74, 6) is -1.30. The van der Waals surface area contributed by atoms with E-state index in [-0.39, 0.29) is 22.8 Å². The van der Waals surface area contributed by atoms with Crippen molar-refractivity contribution in [2.24, 2.45) is 0 Å². The number of ketones is 1. The molecule has 0 aromatic heterocycles. The monoisotopic (exact) mass is 271 g/mol. The highest BCUT2D eigenvalue weighted by atomic mass is 16.3. The Balaban J connectivity index is 2.21. The third-order valence-corrected chi connectivity index (χ3v) is 2.80. The Hall–Kier alpha value is -2.82. The molecule has 0 heterocycles. The summed E-state index contributed by atoms with van der Waals surface area (Å²) in [6.45, 7) is 1.45. The normalized spacial score (nSPS) is 10.1. The number of amides is 1. The van der Waals surface area contributed by atoms with Crippen LogP contribution in [-0.4, -0.2) is 21.9 Å². The first-order valence-corrected chi connectivity index (χ1v) is 5.92. The van der Waals surface area contributed by atoms with Gasteiger partial charge in [-0.1, -0.05) is 6.07 Å². The first-order chi connectivity index (χ1) is 9.49. The lowest BCUT2D eigenvalue weighted by atomic mass is 10.1. The number of hydrogen-bond donors (Lipinski definition) is 3. The lowest BCUT2D eigenvalue weighted by Crippen LogP contribution is -2.12. The molecule has 20 heavy (non-hydrogen) atoms. The highest BCUT2D eigenvalue weighted by Crippen LogP contribution is 2.27. The Morgan fingerprint density at radius 3 is 2.00 bits per heavy atom. The Labute approximate surface area is 115 Å². The van der Waals surface area contributed by atoms with Crippen molar-refractivity contribution >= 4 is 17.4 Å². The van der Waals surface area contributed by atoms with Gasteiger partial charge < -0.3 is 15.5 Å². The predicted molar refractivity (Wildman–Crippen MR) is 74.2 cm³/mol. The first kappa shape index (κ1) is 13.6. The highest BCUT2D eigenvalue weighted by molar-refractivity contribution is 6.08. The maximum absolute atomic E-state index is 12.0. The fourth-order valence-corrected chi connectivity index (χ4v) is 1.74. The fraction of sp³-hybridized carbons (Fsp3) is 0.0667. The molecule has 0 radical (unpaired) electrons. The number of Topliss-reactive ketones (excluding diaryl/α,β-unsaturated/α-hetero) is 1. The van der Waals surface area contributed by atoms with Crippen molar-refractivity contribution in [2.75, 3.05) is 5.32 Å². The van der Waals surface area contributed by atoms with Crippen LogP contribution in [0.4, 0.5) is 5.69 Å². The van der Waals surface area contributed by atoms with Crippen LogP contribution in [0.2, 0.25) is 0 Å². The summed E-state index contributed by atoms with van der Waals surface area (Å²) in [6, 6.07) is 10.4. The molecule has 3 N–H and O–H groups in total. The molecular formula is C15H13NO4. The van der Waals surface area contributed by atoms with Crippen molar-refractivity contribution in [2.45, 2.75) is 6.92 Å². The van der Waals surface area contributed by atoms with Crippen molar-refractivity contribution in [3.05, 3.63) is 53.6 Å².